The maximum Gasteiger partial charge on any atom is 0.187 e. The zero-order chi connectivity index (χ0) is 13.1. The quantitative estimate of drug-likeness (QED) is 0.467. The molecular formula is C14H21N3S. The van der Waals surface area contributed by atoms with Crippen LogP contribution in [0.15, 0.2) is 28.9 Å². The topological polar surface area (TPSA) is 36.4 Å². The van der Waals surface area contributed by atoms with E-state index >= 15 is 0 Å². The third kappa shape index (κ3) is 3.67. The van der Waals surface area contributed by atoms with Crippen molar-refractivity contribution >= 4 is 23.0 Å². The van der Waals surface area contributed by atoms with Crippen molar-refractivity contribution in [2.24, 2.45) is 11.0 Å². The monoisotopic (exact) mass is 263 g/mol. The Morgan fingerprint density at radius 3 is 2.83 bits per heavy atom. The molecule has 0 aromatic rings. The number of thiocarbonyl (C=S) groups is 1. The SMILES string of the molecule is C=C(C)[C@@H]1CC=C(C)/C(=N\NC(=S)NC2CC2)C1. The number of hydrogen-bond acceptors (Lipinski definition) is 2. The molecule has 98 valence electrons. The summed E-state index contributed by atoms with van der Waals surface area (Å²) >= 11 is 5.19. The standard InChI is InChI=1S/C14H21N3S/c1-9(2)11-5-4-10(3)13(8-11)16-17-14(18)15-12-6-7-12/h4,11-12H,1,5-8H2,2-3H3,(H2,15,17,18)/b16-13-/t11-/m1/s1. The molecule has 2 rings (SSSR count). The van der Waals surface area contributed by atoms with Crippen LogP contribution in [0.1, 0.15) is 39.5 Å². The molecule has 0 aromatic heterocycles. The van der Waals surface area contributed by atoms with E-state index in [1.807, 2.05) is 0 Å². The Balaban J connectivity index is 1.92. The fraction of sp³-hybridized carbons (Fsp3) is 0.571. The van der Waals surface area contributed by atoms with E-state index in [1.165, 1.54) is 24.0 Å². The van der Waals surface area contributed by atoms with Gasteiger partial charge in [0.1, 0.15) is 0 Å². The van der Waals surface area contributed by atoms with E-state index in [0.29, 0.717) is 17.1 Å². The summed E-state index contributed by atoms with van der Waals surface area (Å²) in [6, 6.07) is 0.566. The van der Waals surface area contributed by atoms with Crippen molar-refractivity contribution in [2.45, 2.75) is 45.6 Å². The lowest BCUT2D eigenvalue weighted by Crippen LogP contribution is -2.34. The Morgan fingerprint density at radius 2 is 2.22 bits per heavy atom. The van der Waals surface area contributed by atoms with Gasteiger partial charge in [0.15, 0.2) is 5.11 Å². The molecule has 4 heteroatoms. The molecule has 0 aliphatic heterocycles. The maximum atomic E-state index is 5.19. The van der Waals surface area contributed by atoms with Crippen molar-refractivity contribution in [1.82, 2.24) is 10.7 Å². The van der Waals surface area contributed by atoms with Gasteiger partial charge in [0.05, 0.1) is 5.71 Å². The fourth-order valence-corrected chi connectivity index (χ4v) is 2.20. The highest BCUT2D eigenvalue weighted by Gasteiger charge is 2.22. The van der Waals surface area contributed by atoms with Crippen LogP contribution < -0.4 is 10.7 Å². The molecular weight excluding hydrogens is 242 g/mol. The van der Waals surface area contributed by atoms with Crippen molar-refractivity contribution in [3.8, 4) is 0 Å². The van der Waals surface area contributed by atoms with E-state index in [2.05, 4.69) is 42.3 Å². The highest BCUT2D eigenvalue weighted by Crippen LogP contribution is 2.26. The van der Waals surface area contributed by atoms with Gasteiger partial charge in [-0.25, -0.2) is 0 Å². The van der Waals surface area contributed by atoms with E-state index in [1.54, 1.807) is 0 Å². The van der Waals surface area contributed by atoms with Gasteiger partial charge in [-0.05, 0) is 63.2 Å². The second-order valence-electron chi connectivity index (χ2n) is 5.29. The molecule has 0 spiro atoms. The van der Waals surface area contributed by atoms with Gasteiger partial charge >= 0.3 is 0 Å². The van der Waals surface area contributed by atoms with Gasteiger partial charge in [0.25, 0.3) is 0 Å². The predicted molar refractivity (Wildman–Crippen MR) is 80.6 cm³/mol. The molecule has 1 saturated carbocycles. The van der Waals surface area contributed by atoms with Gasteiger partial charge < -0.3 is 5.32 Å². The number of hydrazone groups is 1. The van der Waals surface area contributed by atoms with E-state index in [4.69, 9.17) is 12.2 Å². The van der Waals surface area contributed by atoms with E-state index in [0.717, 1.165) is 18.6 Å². The predicted octanol–water partition coefficient (Wildman–Crippen LogP) is 2.90. The van der Waals surface area contributed by atoms with Crippen molar-refractivity contribution < 1.29 is 0 Å². The Kier molecular flexibility index (Phi) is 4.17. The lowest BCUT2D eigenvalue weighted by Gasteiger charge is -2.22. The minimum atomic E-state index is 0.513. The van der Waals surface area contributed by atoms with Gasteiger partial charge in [-0.2, -0.15) is 5.10 Å². The Bertz CT molecular complexity index is 419. The average Bonchev–Trinajstić information content (AvgIpc) is 3.11. The Hall–Kier alpha value is -1.16. The molecule has 18 heavy (non-hydrogen) atoms. The van der Waals surface area contributed by atoms with Crippen molar-refractivity contribution in [3.05, 3.63) is 23.8 Å². The lowest BCUT2D eigenvalue weighted by atomic mass is 9.85. The summed E-state index contributed by atoms with van der Waals surface area (Å²) in [6.07, 6.45) is 6.70. The van der Waals surface area contributed by atoms with Crippen LogP contribution in [0.4, 0.5) is 0 Å². The molecule has 0 bridgehead atoms. The second-order valence-corrected chi connectivity index (χ2v) is 5.70. The van der Waals surface area contributed by atoms with Crippen LogP contribution in [0, 0.1) is 5.92 Å². The molecule has 0 saturated heterocycles. The minimum Gasteiger partial charge on any atom is -0.359 e. The number of allylic oxidation sites excluding steroid dienone is 3. The summed E-state index contributed by atoms with van der Waals surface area (Å²) in [5.74, 6) is 0.513. The summed E-state index contributed by atoms with van der Waals surface area (Å²) in [7, 11) is 0. The number of nitrogens with one attached hydrogen (secondary N) is 2. The van der Waals surface area contributed by atoms with E-state index in [-0.39, 0.29) is 0 Å². The third-order valence-electron chi connectivity index (χ3n) is 3.51. The summed E-state index contributed by atoms with van der Waals surface area (Å²) in [5.41, 5.74) is 6.51. The Morgan fingerprint density at radius 1 is 1.50 bits per heavy atom. The second kappa shape index (κ2) is 5.65. The minimum absolute atomic E-state index is 0.513. The average molecular weight is 263 g/mol. The van der Waals surface area contributed by atoms with Crippen LogP contribution in [0.2, 0.25) is 0 Å². The first-order valence-electron chi connectivity index (χ1n) is 6.52. The molecule has 1 atom stereocenters. The molecule has 2 aliphatic carbocycles. The number of rotatable bonds is 3. The van der Waals surface area contributed by atoms with Gasteiger partial charge in [0, 0.05) is 6.04 Å². The van der Waals surface area contributed by atoms with Crippen LogP contribution in [-0.2, 0) is 0 Å². The largest absolute Gasteiger partial charge is 0.359 e. The van der Waals surface area contributed by atoms with E-state index < -0.39 is 0 Å². The first-order chi connectivity index (χ1) is 8.56. The highest BCUT2D eigenvalue weighted by molar-refractivity contribution is 7.80. The summed E-state index contributed by atoms with van der Waals surface area (Å²) in [6.45, 7) is 8.23. The summed E-state index contributed by atoms with van der Waals surface area (Å²) in [4.78, 5) is 0. The maximum absolute atomic E-state index is 5.19. The van der Waals surface area contributed by atoms with Gasteiger partial charge in [-0.15, -0.1) is 0 Å². The van der Waals surface area contributed by atoms with Crippen LogP contribution in [0.3, 0.4) is 0 Å². The highest BCUT2D eigenvalue weighted by atomic mass is 32.1. The van der Waals surface area contributed by atoms with Crippen molar-refractivity contribution in [2.75, 3.05) is 0 Å². The van der Waals surface area contributed by atoms with Gasteiger partial charge in [-0.1, -0.05) is 18.2 Å². The summed E-state index contributed by atoms with van der Waals surface area (Å²) in [5, 5.41) is 8.28. The third-order valence-corrected chi connectivity index (χ3v) is 3.71. The number of nitrogens with zero attached hydrogens (tertiary/aromatic N) is 1. The Labute approximate surface area is 114 Å². The van der Waals surface area contributed by atoms with Gasteiger partial charge in [-0.3, -0.25) is 5.43 Å². The van der Waals surface area contributed by atoms with Crippen molar-refractivity contribution in [3.63, 3.8) is 0 Å². The molecule has 2 N–H and O–H groups in total. The number of hydrogen-bond donors (Lipinski definition) is 2. The van der Waals surface area contributed by atoms with Gasteiger partial charge in [0.2, 0.25) is 0 Å². The zero-order valence-corrected chi connectivity index (χ0v) is 11.9. The van der Waals surface area contributed by atoms with Crippen LogP contribution in [0.5, 0.6) is 0 Å². The van der Waals surface area contributed by atoms with E-state index in [9.17, 15) is 0 Å². The first kappa shape index (κ1) is 13.3. The molecule has 1 fully saturated rings. The molecule has 2 aliphatic rings. The van der Waals surface area contributed by atoms with Crippen molar-refractivity contribution in [1.29, 1.82) is 0 Å². The molecule has 0 unspecified atom stereocenters. The zero-order valence-electron chi connectivity index (χ0n) is 11.1. The molecule has 0 amide bonds. The molecule has 0 heterocycles. The normalized spacial score (nSPS) is 25.6. The van der Waals surface area contributed by atoms with Crippen LogP contribution in [0.25, 0.3) is 0 Å². The molecule has 0 aromatic carbocycles. The first-order valence-corrected chi connectivity index (χ1v) is 6.92. The fourth-order valence-electron chi connectivity index (χ4n) is 1.99. The molecule has 0 radical (unpaired) electrons. The van der Waals surface area contributed by atoms with Crippen LogP contribution in [-0.4, -0.2) is 16.9 Å². The molecule has 3 nitrogen and oxygen atoms in total. The smallest absolute Gasteiger partial charge is 0.187 e. The summed E-state index contributed by atoms with van der Waals surface area (Å²) < 4.78 is 0. The lowest BCUT2D eigenvalue weighted by molar-refractivity contribution is 0.636. The van der Waals surface area contributed by atoms with Crippen LogP contribution >= 0.6 is 12.2 Å².